The maximum Gasteiger partial charge on any atom is 0.179 e. The van der Waals surface area contributed by atoms with Crippen LogP contribution in [0.15, 0.2) is 50.2 Å². The highest BCUT2D eigenvalue weighted by Crippen LogP contribution is 2.29. The van der Waals surface area contributed by atoms with Crippen LogP contribution in [0.25, 0.3) is 0 Å². The van der Waals surface area contributed by atoms with Crippen molar-refractivity contribution in [3.05, 3.63) is 62.5 Å². The average Bonchev–Trinajstić information content (AvgIpc) is 3.06. The lowest BCUT2D eigenvalue weighted by atomic mass is 10.2. The third-order valence-electron chi connectivity index (χ3n) is 4.03. The van der Waals surface area contributed by atoms with Gasteiger partial charge in [-0.05, 0) is 84.0 Å². The van der Waals surface area contributed by atoms with Crippen molar-refractivity contribution >= 4 is 43.8 Å². The van der Waals surface area contributed by atoms with Crippen LogP contribution < -0.4 is 4.72 Å². The summed E-state index contributed by atoms with van der Waals surface area (Å²) in [6.45, 7) is 3.31. The second kappa shape index (κ2) is 11.0. The smallest absolute Gasteiger partial charge is 0.179 e. The van der Waals surface area contributed by atoms with Crippen molar-refractivity contribution in [1.29, 1.82) is 5.26 Å². The van der Waals surface area contributed by atoms with E-state index in [1.165, 1.54) is 30.9 Å². The highest BCUT2D eigenvalue weighted by molar-refractivity contribution is 9.11. The van der Waals surface area contributed by atoms with Gasteiger partial charge < -0.3 is 4.90 Å². The molecule has 3 rings (SSSR count). The minimum absolute atomic E-state index is 0.243. The van der Waals surface area contributed by atoms with E-state index < -0.39 is 11.6 Å². The molecule has 1 atom stereocenters. The summed E-state index contributed by atoms with van der Waals surface area (Å²) in [6.07, 6.45) is 4.52. The molecule has 1 aliphatic rings. The summed E-state index contributed by atoms with van der Waals surface area (Å²) in [6, 6.07) is 9.70. The number of rotatable bonds is 4. The minimum atomic E-state index is -0.438. The lowest BCUT2D eigenvalue weighted by molar-refractivity contribution is 0.388. The summed E-state index contributed by atoms with van der Waals surface area (Å²) in [5, 5.41) is 8.41. The Morgan fingerprint density at radius 3 is 2.67 bits per heavy atom. The zero-order chi connectivity index (χ0) is 19.8. The third kappa shape index (κ3) is 7.07. The van der Waals surface area contributed by atoms with E-state index in [0.717, 1.165) is 32.5 Å². The molecule has 0 radical (unpaired) electrons. The molecule has 0 bridgehead atoms. The molecule has 3 nitrogen and oxygen atoms in total. The van der Waals surface area contributed by atoms with Gasteiger partial charge in [0.05, 0.1) is 0 Å². The van der Waals surface area contributed by atoms with Crippen LogP contribution in [0, 0.1) is 23.1 Å². The fourth-order valence-corrected chi connectivity index (χ4v) is 4.24. The number of nitrogens with zero attached hydrogens (tertiary/aromatic N) is 2. The van der Waals surface area contributed by atoms with E-state index >= 15 is 0 Å². The van der Waals surface area contributed by atoms with Crippen LogP contribution in [0.2, 0.25) is 0 Å². The van der Waals surface area contributed by atoms with Gasteiger partial charge >= 0.3 is 0 Å². The van der Waals surface area contributed by atoms with Crippen molar-refractivity contribution < 1.29 is 8.78 Å². The molecule has 0 spiro atoms. The van der Waals surface area contributed by atoms with Crippen molar-refractivity contribution in [2.45, 2.75) is 37.2 Å². The lowest BCUT2D eigenvalue weighted by Gasteiger charge is -2.10. The highest BCUT2D eigenvalue weighted by Gasteiger charge is 2.17. The first kappa shape index (κ1) is 22.2. The van der Waals surface area contributed by atoms with E-state index in [1.807, 2.05) is 23.1 Å². The fourth-order valence-electron chi connectivity index (χ4n) is 2.51. The maximum absolute atomic E-state index is 13.4. The first-order valence-electron chi connectivity index (χ1n) is 8.35. The van der Waals surface area contributed by atoms with E-state index in [9.17, 15) is 8.78 Å². The predicted molar refractivity (Wildman–Crippen MR) is 112 cm³/mol. The largest absolute Gasteiger partial charge is 0.308 e. The average molecular weight is 519 g/mol. The third-order valence-corrected chi connectivity index (χ3v) is 6.32. The summed E-state index contributed by atoms with van der Waals surface area (Å²) in [4.78, 5) is 2.80. The van der Waals surface area contributed by atoms with Crippen LogP contribution >= 0.6 is 43.8 Å². The molecule has 1 heterocycles. The quantitative estimate of drug-likeness (QED) is 0.384. The Kier molecular flexibility index (Phi) is 9.03. The molecule has 1 saturated heterocycles. The number of nitrogens with one attached hydrogen (secondary N) is 1. The number of halogens is 4. The maximum atomic E-state index is 13.4. The van der Waals surface area contributed by atoms with Gasteiger partial charge in [-0.2, -0.15) is 5.26 Å². The Hall–Kier alpha value is -1.14. The summed E-state index contributed by atoms with van der Waals surface area (Å²) in [5.74, 6) is -0.852. The molecule has 2 aromatic carbocycles. The van der Waals surface area contributed by atoms with Gasteiger partial charge in [0.25, 0.3) is 0 Å². The second-order valence-corrected chi connectivity index (χ2v) is 8.72. The van der Waals surface area contributed by atoms with Crippen LogP contribution in [0.4, 0.5) is 8.78 Å². The fraction of sp³-hybridized carbons (Fsp3) is 0.316. The van der Waals surface area contributed by atoms with Gasteiger partial charge in [-0.15, -0.1) is 0 Å². The van der Waals surface area contributed by atoms with Crippen molar-refractivity contribution in [1.82, 2.24) is 9.62 Å². The summed E-state index contributed by atoms with van der Waals surface area (Å²) < 4.78 is 31.3. The molecule has 144 valence electrons. The first-order valence-corrected chi connectivity index (χ1v) is 10.8. The number of likely N-dealkylation sites (tertiary alicyclic amines) is 1. The van der Waals surface area contributed by atoms with Gasteiger partial charge in [-0.1, -0.05) is 15.9 Å². The molecule has 8 heteroatoms. The van der Waals surface area contributed by atoms with E-state index in [-0.39, 0.29) is 6.54 Å². The minimum Gasteiger partial charge on any atom is -0.308 e. The molecule has 1 fully saturated rings. The Morgan fingerprint density at radius 2 is 2.04 bits per heavy atom. The van der Waals surface area contributed by atoms with Crippen molar-refractivity contribution in [2.75, 3.05) is 6.54 Å². The molecular weight excluding hydrogens is 500 g/mol. The molecule has 27 heavy (non-hydrogen) atoms. The van der Waals surface area contributed by atoms with Crippen molar-refractivity contribution in [2.24, 2.45) is 0 Å². The van der Waals surface area contributed by atoms with Crippen LogP contribution in [-0.4, -0.2) is 17.5 Å². The van der Waals surface area contributed by atoms with E-state index in [4.69, 9.17) is 5.26 Å². The Labute approximate surface area is 179 Å². The number of hydrogen-bond acceptors (Lipinski definition) is 4. The normalized spacial score (nSPS) is 15.9. The monoisotopic (exact) mass is 517 g/mol. The molecule has 2 aromatic rings. The second-order valence-electron chi connectivity index (χ2n) is 6.02. The van der Waals surface area contributed by atoms with Crippen LogP contribution in [0.1, 0.15) is 25.3 Å². The van der Waals surface area contributed by atoms with Gasteiger partial charge in [0.2, 0.25) is 0 Å². The van der Waals surface area contributed by atoms with E-state index in [1.54, 1.807) is 0 Å². The molecule has 1 aliphatic heterocycles. The van der Waals surface area contributed by atoms with E-state index in [0.29, 0.717) is 11.6 Å². The predicted octanol–water partition coefficient (Wildman–Crippen LogP) is 6.24. The summed E-state index contributed by atoms with van der Waals surface area (Å²) in [7, 11) is 0. The zero-order valence-electron chi connectivity index (χ0n) is 14.7. The standard InChI is InChI=1S/C13H9Br2F2NS.C6H10N2/c14-9-1-3-11(15)13(6-9)19-18-7-8-5-10(16)2-4-12(8)17;1-6-3-2-4-8(6)5-7/h1-6,18H,7H2;6H,2-4H2,1H3/t;6-/m.0/s1. The summed E-state index contributed by atoms with van der Waals surface area (Å²) in [5.41, 5.74) is 0.304. The lowest BCUT2D eigenvalue weighted by Crippen LogP contribution is -2.20. The Balaban J connectivity index is 0.000000273. The van der Waals surface area contributed by atoms with Gasteiger partial charge in [-0.3, -0.25) is 4.72 Å². The molecule has 0 aromatic heterocycles. The molecule has 0 saturated carbocycles. The summed E-state index contributed by atoms with van der Waals surface area (Å²) >= 11 is 8.16. The van der Waals surface area contributed by atoms with Crippen LogP contribution in [-0.2, 0) is 6.54 Å². The van der Waals surface area contributed by atoms with E-state index in [2.05, 4.69) is 49.7 Å². The van der Waals surface area contributed by atoms with Crippen LogP contribution in [0.5, 0.6) is 0 Å². The SMILES string of the molecule is C[C@H]1CCCN1C#N.Fc1ccc(F)c(CNSc2cc(Br)ccc2Br)c1. The molecule has 0 aliphatic carbocycles. The molecule has 0 unspecified atom stereocenters. The zero-order valence-corrected chi connectivity index (χ0v) is 18.7. The highest BCUT2D eigenvalue weighted by atomic mass is 79.9. The first-order chi connectivity index (χ1) is 12.9. The van der Waals surface area contributed by atoms with Crippen molar-refractivity contribution in [3.8, 4) is 6.19 Å². The number of hydrogen-bond donors (Lipinski definition) is 1. The van der Waals surface area contributed by atoms with Crippen LogP contribution in [0.3, 0.4) is 0 Å². The number of nitriles is 1. The van der Waals surface area contributed by atoms with Gasteiger partial charge in [0, 0.05) is 38.5 Å². The van der Waals surface area contributed by atoms with Crippen molar-refractivity contribution in [3.63, 3.8) is 0 Å². The molecular formula is C19H19Br2F2N3S. The van der Waals surface area contributed by atoms with Gasteiger partial charge in [0.15, 0.2) is 6.19 Å². The molecule has 0 amide bonds. The Morgan fingerprint density at radius 1 is 1.26 bits per heavy atom. The number of benzene rings is 2. The Bertz CT molecular complexity index is 763. The molecule has 1 N–H and O–H groups in total. The van der Waals surface area contributed by atoms with Gasteiger partial charge in [-0.25, -0.2) is 8.78 Å². The topological polar surface area (TPSA) is 39.1 Å². The van der Waals surface area contributed by atoms with Gasteiger partial charge in [0.1, 0.15) is 11.6 Å².